The molecule has 0 unspecified atom stereocenters. The molecule has 0 radical (unpaired) electrons. The van der Waals surface area contributed by atoms with Gasteiger partial charge in [0.25, 0.3) is 0 Å². The van der Waals surface area contributed by atoms with Crippen LogP contribution < -0.4 is 10.6 Å². The van der Waals surface area contributed by atoms with Gasteiger partial charge in [-0.05, 0) is 37.8 Å². The summed E-state index contributed by atoms with van der Waals surface area (Å²) in [5.74, 6) is -1.01. The van der Waals surface area contributed by atoms with Crippen molar-refractivity contribution in [2.24, 2.45) is 0 Å². The Morgan fingerprint density at radius 1 is 1.12 bits per heavy atom. The molecule has 1 saturated heterocycles. The van der Waals surface area contributed by atoms with Crippen molar-refractivity contribution >= 4 is 11.8 Å². The van der Waals surface area contributed by atoms with E-state index in [1.165, 1.54) is 5.56 Å². The number of unbranched alkanes of at least 4 members (excludes halogenated alkanes) is 1. The van der Waals surface area contributed by atoms with E-state index in [0.29, 0.717) is 6.54 Å². The first-order valence-corrected chi connectivity index (χ1v) is 9.20. The third kappa shape index (κ3) is 5.83. The van der Waals surface area contributed by atoms with Gasteiger partial charge < -0.3 is 15.4 Å². The number of amides is 2. The molecule has 136 valence electrons. The number of ether oxygens (including phenoxy) is 1. The van der Waals surface area contributed by atoms with Crippen molar-refractivity contribution in [1.29, 1.82) is 0 Å². The minimum absolute atomic E-state index is 0.140. The van der Waals surface area contributed by atoms with Crippen LogP contribution in [-0.2, 0) is 14.3 Å². The molecule has 1 saturated carbocycles. The average molecular weight is 345 g/mol. The van der Waals surface area contributed by atoms with Crippen LogP contribution in [0.15, 0.2) is 30.3 Å². The largest absolute Gasteiger partial charge is 0.371 e. The SMILES string of the molecule is O=C(NCCCCN1CCO[C@H](c2ccccc2)C1)C(=O)NC1CC1. The van der Waals surface area contributed by atoms with E-state index in [-0.39, 0.29) is 12.1 Å². The molecule has 1 aliphatic heterocycles. The maximum atomic E-state index is 11.6. The van der Waals surface area contributed by atoms with Gasteiger partial charge in [0.15, 0.2) is 0 Å². The van der Waals surface area contributed by atoms with E-state index >= 15 is 0 Å². The van der Waals surface area contributed by atoms with E-state index in [1.807, 2.05) is 18.2 Å². The molecule has 1 heterocycles. The molecular weight excluding hydrogens is 318 g/mol. The molecule has 6 nitrogen and oxygen atoms in total. The maximum Gasteiger partial charge on any atom is 0.309 e. The molecule has 0 aromatic heterocycles. The number of nitrogens with zero attached hydrogens (tertiary/aromatic N) is 1. The van der Waals surface area contributed by atoms with Crippen molar-refractivity contribution in [3.63, 3.8) is 0 Å². The summed E-state index contributed by atoms with van der Waals surface area (Å²) in [6.45, 7) is 4.12. The minimum Gasteiger partial charge on any atom is -0.371 e. The second-order valence-electron chi connectivity index (χ2n) is 6.78. The Kier molecular flexibility index (Phi) is 6.42. The van der Waals surface area contributed by atoms with Gasteiger partial charge in [-0.25, -0.2) is 0 Å². The van der Waals surface area contributed by atoms with Crippen LogP contribution in [0.4, 0.5) is 0 Å². The molecule has 25 heavy (non-hydrogen) atoms. The van der Waals surface area contributed by atoms with Gasteiger partial charge in [0.05, 0.1) is 12.7 Å². The number of hydrogen-bond acceptors (Lipinski definition) is 4. The summed E-state index contributed by atoms with van der Waals surface area (Å²) < 4.78 is 5.87. The molecule has 1 atom stereocenters. The van der Waals surface area contributed by atoms with Crippen molar-refractivity contribution in [3.05, 3.63) is 35.9 Å². The number of nitrogens with one attached hydrogen (secondary N) is 2. The van der Waals surface area contributed by atoms with Gasteiger partial charge in [0.2, 0.25) is 0 Å². The number of rotatable bonds is 7. The van der Waals surface area contributed by atoms with E-state index in [9.17, 15) is 9.59 Å². The summed E-state index contributed by atoms with van der Waals surface area (Å²) in [5.41, 5.74) is 1.22. The van der Waals surface area contributed by atoms with Crippen molar-refractivity contribution in [2.45, 2.75) is 37.8 Å². The topological polar surface area (TPSA) is 70.7 Å². The van der Waals surface area contributed by atoms with Crippen molar-refractivity contribution < 1.29 is 14.3 Å². The van der Waals surface area contributed by atoms with Crippen LogP contribution >= 0.6 is 0 Å². The number of carbonyl (C=O) groups excluding carboxylic acids is 2. The normalized spacial score (nSPS) is 20.9. The highest BCUT2D eigenvalue weighted by atomic mass is 16.5. The second-order valence-corrected chi connectivity index (χ2v) is 6.78. The third-order valence-electron chi connectivity index (χ3n) is 4.63. The Balaban J connectivity index is 1.29. The molecule has 1 aromatic carbocycles. The molecule has 2 amide bonds. The Morgan fingerprint density at radius 2 is 1.92 bits per heavy atom. The quantitative estimate of drug-likeness (QED) is 0.576. The molecule has 0 spiro atoms. The lowest BCUT2D eigenvalue weighted by Gasteiger charge is -2.33. The van der Waals surface area contributed by atoms with E-state index in [0.717, 1.165) is 51.9 Å². The zero-order chi connectivity index (χ0) is 17.5. The van der Waals surface area contributed by atoms with Crippen molar-refractivity contribution in [3.8, 4) is 0 Å². The molecule has 6 heteroatoms. The summed E-state index contributed by atoms with van der Waals surface area (Å²) >= 11 is 0. The van der Waals surface area contributed by atoms with E-state index in [4.69, 9.17) is 4.74 Å². The van der Waals surface area contributed by atoms with Crippen LogP contribution in [0.1, 0.15) is 37.4 Å². The fourth-order valence-corrected chi connectivity index (χ4v) is 3.00. The summed E-state index contributed by atoms with van der Waals surface area (Å²) in [6.07, 6.45) is 3.98. The summed E-state index contributed by atoms with van der Waals surface area (Å²) in [7, 11) is 0. The van der Waals surface area contributed by atoms with Crippen LogP contribution in [-0.4, -0.2) is 55.5 Å². The smallest absolute Gasteiger partial charge is 0.309 e. The average Bonchev–Trinajstić information content (AvgIpc) is 3.46. The Morgan fingerprint density at radius 3 is 2.68 bits per heavy atom. The van der Waals surface area contributed by atoms with E-state index < -0.39 is 11.8 Å². The molecular formula is C19H27N3O3. The van der Waals surface area contributed by atoms with Crippen LogP contribution in [0.3, 0.4) is 0 Å². The number of benzene rings is 1. The first kappa shape index (κ1) is 17.9. The Bertz CT molecular complexity index is 575. The predicted octanol–water partition coefficient (Wildman–Crippen LogP) is 1.23. The maximum absolute atomic E-state index is 11.6. The Labute approximate surface area is 148 Å². The van der Waals surface area contributed by atoms with E-state index in [2.05, 4.69) is 27.7 Å². The van der Waals surface area contributed by atoms with Gasteiger partial charge in [-0.2, -0.15) is 0 Å². The molecule has 1 aliphatic carbocycles. The number of carbonyl (C=O) groups is 2. The highest BCUT2D eigenvalue weighted by Crippen LogP contribution is 2.22. The highest BCUT2D eigenvalue weighted by molar-refractivity contribution is 6.35. The van der Waals surface area contributed by atoms with E-state index in [1.54, 1.807) is 0 Å². The summed E-state index contributed by atoms with van der Waals surface area (Å²) in [4.78, 5) is 25.6. The molecule has 3 rings (SSSR count). The van der Waals surface area contributed by atoms with Gasteiger partial charge in [-0.1, -0.05) is 30.3 Å². The van der Waals surface area contributed by atoms with Crippen LogP contribution in [0.2, 0.25) is 0 Å². The standard InChI is InChI=1S/C19H27N3O3/c23-18(19(24)21-16-8-9-16)20-10-4-5-11-22-12-13-25-17(14-22)15-6-2-1-3-7-15/h1-3,6-7,16-17H,4-5,8-14H2,(H,20,23)(H,21,24)/t17-/m0/s1. The third-order valence-corrected chi connectivity index (χ3v) is 4.63. The zero-order valence-corrected chi connectivity index (χ0v) is 14.6. The predicted molar refractivity (Wildman–Crippen MR) is 95.0 cm³/mol. The van der Waals surface area contributed by atoms with Gasteiger partial charge in [-0.3, -0.25) is 14.5 Å². The van der Waals surface area contributed by atoms with Crippen LogP contribution in [0.5, 0.6) is 0 Å². The summed E-state index contributed by atoms with van der Waals surface area (Å²) in [5, 5.41) is 5.39. The zero-order valence-electron chi connectivity index (χ0n) is 14.6. The van der Waals surface area contributed by atoms with Crippen LogP contribution in [0, 0.1) is 0 Å². The number of hydrogen-bond donors (Lipinski definition) is 2. The molecule has 2 aliphatic rings. The van der Waals surface area contributed by atoms with Gasteiger partial charge >= 0.3 is 11.8 Å². The lowest BCUT2D eigenvalue weighted by atomic mass is 10.1. The van der Waals surface area contributed by atoms with Crippen molar-refractivity contribution in [2.75, 3.05) is 32.8 Å². The van der Waals surface area contributed by atoms with Crippen LogP contribution in [0.25, 0.3) is 0 Å². The summed E-state index contributed by atoms with van der Waals surface area (Å²) in [6, 6.07) is 10.5. The highest BCUT2D eigenvalue weighted by Gasteiger charge is 2.26. The van der Waals surface area contributed by atoms with Crippen molar-refractivity contribution in [1.82, 2.24) is 15.5 Å². The first-order chi connectivity index (χ1) is 12.2. The number of morpholine rings is 1. The monoisotopic (exact) mass is 345 g/mol. The fourth-order valence-electron chi connectivity index (χ4n) is 3.00. The fraction of sp³-hybridized carbons (Fsp3) is 0.579. The Hall–Kier alpha value is -1.92. The second kappa shape index (κ2) is 8.97. The lowest BCUT2D eigenvalue weighted by molar-refractivity contribution is -0.139. The first-order valence-electron chi connectivity index (χ1n) is 9.20. The van der Waals surface area contributed by atoms with Gasteiger partial charge in [-0.15, -0.1) is 0 Å². The molecule has 2 N–H and O–H groups in total. The molecule has 1 aromatic rings. The molecule has 0 bridgehead atoms. The van der Waals surface area contributed by atoms with Gasteiger partial charge in [0, 0.05) is 25.7 Å². The minimum atomic E-state index is -0.512. The lowest BCUT2D eigenvalue weighted by Crippen LogP contribution is -2.41. The van der Waals surface area contributed by atoms with Gasteiger partial charge in [0.1, 0.15) is 0 Å². The molecule has 2 fully saturated rings.